The van der Waals surface area contributed by atoms with Crippen molar-refractivity contribution in [3.63, 3.8) is 0 Å². The maximum atomic E-state index is 12.1. The van der Waals surface area contributed by atoms with Gasteiger partial charge in [-0.25, -0.2) is 9.31 Å². The summed E-state index contributed by atoms with van der Waals surface area (Å²) >= 11 is 0. The Bertz CT molecular complexity index is 1100. The van der Waals surface area contributed by atoms with E-state index in [1.54, 1.807) is 35.8 Å². The van der Waals surface area contributed by atoms with Gasteiger partial charge in [0.2, 0.25) is 0 Å². The summed E-state index contributed by atoms with van der Waals surface area (Å²) in [5, 5.41) is 18.0. The highest BCUT2D eigenvalue weighted by molar-refractivity contribution is 5.96. The van der Waals surface area contributed by atoms with Crippen LogP contribution in [0.5, 0.6) is 0 Å². The van der Waals surface area contributed by atoms with E-state index >= 15 is 0 Å². The lowest BCUT2D eigenvalue weighted by Crippen LogP contribution is -2.05. The number of pyridine rings is 1. The lowest BCUT2D eigenvalue weighted by atomic mass is 10.0. The van der Waals surface area contributed by atoms with E-state index in [0.717, 1.165) is 11.1 Å². The smallest absolute Gasteiger partial charge is 0.338 e. The second-order valence-electron chi connectivity index (χ2n) is 5.89. The number of esters is 1. The molecule has 0 spiro atoms. The van der Waals surface area contributed by atoms with Crippen LogP contribution in [0.1, 0.15) is 23.0 Å². The SMILES string of the molecule is CCOC(=O)c1ccn2nc(-c3ccccc3)c(-c3cc(CO)on3)c2c1. The van der Waals surface area contributed by atoms with Crippen LogP contribution in [-0.2, 0) is 11.3 Å². The first-order chi connectivity index (χ1) is 13.2. The zero-order chi connectivity index (χ0) is 18.8. The van der Waals surface area contributed by atoms with Crippen LogP contribution in [0.25, 0.3) is 28.0 Å². The fraction of sp³-hybridized carbons (Fsp3) is 0.150. The quantitative estimate of drug-likeness (QED) is 0.547. The molecule has 1 N–H and O–H groups in total. The van der Waals surface area contributed by atoms with Crippen LogP contribution >= 0.6 is 0 Å². The van der Waals surface area contributed by atoms with Crippen molar-refractivity contribution < 1.29 is 19.2 Å². The van der Waals surface area contributed by atoms with Crippen molar-refractivity contribution in [2.75, 3.05) is 6.61 Å². The number of nitrogens with zero attached hydrogens (tertiary/aromatic N) is 3. The third-order valence-electron chi connectivity index (χ3n) is 4.16. The van der Waals surface area contributed by atoms with Gasteiger partial charge in [-0.3, -0.25) is 0 Å². The maximum Gasteiger partial charge on any atom is 0.338 e. The Labute approximate surface area is 154 Å². The predicted octanol–water partition coefficient (Wildman–Crippen LogP) is 3.33. The highest BCUT2D eigenvalue weighted by Gasteiger charge is 2.21. The molecular formula is C20H17N3O4. The molecule has 0 aliphatic heterocycles. The van der Waals surface area contributed by atoms with Gasteiger partial charge in [0.15, 0.2) is 5.76 Å². The molecule has 0 atom stereocenters. The molecule has 0 aliphatic carbocycles. The van der Waals surface area contributed by atoms with E-state index in [4.69, 9.17) is 9.26 Å². The topological polar surface area (TPSA) is 89.9 Å². The summed E-state index contributed by atoms with van der Waals surface area (Å²) in [4.78, 5) is 12.1. The Kier molecular flexibility index (Phi) is 4.43. The monoisotopic (exact) mass is 363 g/mol. The van der Waals surface area contributed by atoms with Crippen molar-refractivity contribution in [2.24, 2.45) is 0 Å². The molecule has 0 unspecified atom stereocenters. The predicted molar refractivity (Wildman–Crippen MR) is 98.0 cm³/mol. The molecule has 4 aromatic rings. The van der Waals surface area contributed by atoms with Crippen LogP contribution in [0.2, 0.25) is 0 Å². The van der Waals surface area contributed by atoms with Crippen LogP contribution in [0.4, 0.5) is 0 Å². The number of fused-ring (bicyclic) bond motifs is 1. The first-order valence-electron chi connectivity index (χ1n) is 8.53. The van der Waals surface area contributed by atoms with Gasteiger partial charge >= 0.3 is 5.97 Å². The lowest BCUT2D eigenvalue weighted by Gasteiger charge is -2.03. The number of aliphatic hydroxyl groups is 1. The van der Waals surface area contributed by atoms with Gasteiger partial charge in [0, 0.05) is 17.8 Å². The molecule has 3 heterocycles. The first-order valence-corrected chi connectivity index (χ1v) is 8.53. The molecule has 7 nitrogen and oxygen atoms in total. The standard InChI is InChI=1S/C20H17N3O4/c1-2-26-20(25)14-8-9-23-17(10-14)18(16-11-15(12-24)27-22-16)19(21-23)13-6-4-3-5-7-13/h3-11,24H,2,12H2,1H3. The third kappa shape index (κ3) is 3.09. The average Bonchev–Trinajstić information content (AvgIpc) is 3.32. The number of aliphatic hydroxyl groups excluding tert-OH is 1. The second-order valence-corrected chi connectivity index (χ2v) is 5.89. The van der Waals surface area contributed by atoms with Crippen molar-refractivity contribution in [1.82, 2.24) is 14.8 Å². The van der Waals surface area contributed by atoms with Crippen LogP contribution < -0.4 is 0 Å². The number of benzene rings is 1. The molecule has 0 amide bonds. The molecule has 0 saturated carbocycles. The van der Waals surface area contributed by atoms with Crippen molar-refractivity contribution in [3.05, 3.63) is 66.1 Å². The molecule has 136 valence electrons. The van der Waals surface area contributed by atoms with Gasteiger partial charge in [0.05, 0.1) is 23.3 Å². The summed E-state index contributed by atoms with van der Waals surface area (Å²) in [6.07, 6.45) is 1.71. The number of hydrogen-bond acceptors (Lipinski definition) is 6. The van der Waals surface area contributed by atoms with Gasteiger partial charge in [-0.15, -0.1) is 0 Å². The summed E-state index contributed by atoms with van der Waals surface area (Å²) in [5.41, 5.74) is 3.98. The van der Waals surface area contributed by atoms with E-state index in [1.165, 1.54) is 0 Å². The van der Waals surface area contributed by atoms with E-state index in [-0.39, 0.29) is 6.61 Å². The van der Waals surface area contributed by atoms with E-state index < -0.39 is 5.97 Å². The fourth-order valence-electron chi connectivity index (χ4n) is 2.94. The number of carbonyl (C=O) groups excluding carboxylic acids is 1. The maximum absolute atomic E-state index is 12.1. The highest BCUT2D eigenvalue weighted by Crippen LogP contribution is 2.35. The van der Waals surface area contributed by atoms with Crippen LogP contribution in [0.15, 0.2) is 59.3 Å². The van der Waals surface area contributed by atoms with E-state index in [9.17, 15) is 9.90 Å². The van der Waals surface area contributed by atoms with Crippen LogP contribution in [0.3, 0.4) is 0 Å². The Morgan fingerprint density at radius 1 is 1.22 bits per heavy atom. The van der Waals surface area contributed by atoms with Crippen molar-refractivity contribution in [3.8, 4) is 22.5 Å². The van der Waals surface area contributed by atoms with Gasteiger partial charge in [-0.2, -0.15) is 5.10 Å². The molecular weight excluding hydrogens is 346 g/mol. The molecule has 0 saturated heterocycles. The number of rotatable bonds is 5. The lowest BCUT2D eigenvalue weighted by molar-refractivity contribution is 0.0526. The first kappa shape index (κ1) is 17.0. The van der Waals surface area contributed by atoms with Gasteiger partial charge < -0.3 is 14.4 Å². The molecule has 27 heavy (non-hydrogen) atoms. The molecule has 7 heteroatoms. The summed E-state index contributed by atoms with van der Waals surface area (Å²) in [6, 6.07) is 14.7. The number of ether oxygens (including phenoxy) is 1. The number of aromatic nitrogens is 3. The van der Waals surface area contributed by atoms with Gasteiger partial charge in [-0.1, -0.05) is 35.5 Å². The molecule has 3 aromatic heterocycles. The zero-order valence-electron chi connectivity index (χ0n) is 14.6. The zero-order valence-corrected chi connectivity index (χ0v) is 14.6. The Balaban J connectivity index is 1.96. The van der Waals surface area contributed by atoms with Crippen molar-refractivity contribution in [1.29, 1.82) is 0 Å². The highest BCUT2D eigenvalue weighted by atomic mass is 16.5. The summed E-state index contributed by atoms with van der Waals surface area (Å²) in [6.45, 7) is 1.81. The minimum Gasteiger partial charge on any atom is -0.462 e. The van der Waals surface area contributed by atoms with E-state index in [1.807, 2.05) is 30.3 Å². The number of hydrogen-bond donors (Lipinski definition) is 1. The molecule has 1 aromatic carbocycles. The largest absolute Gasteiger partial charge is 0.462 e. The van der Waals surface area contributed by atoms with E-state index in [0.29, 0.717) is 34.8 Å². The Hall–Kier alpha value is -3.45. The minimum absolute atomic E-state index is 0.249. The summed E-state index contributed by atoms with van der Waals surface area (Å²) in [7, 11) is 0. The molecule has 0 radical (unpaired) electrons. The Morgan fingerprint density at radius 2 is 2.04 bits per heavy atom. The minimum atomic E-state index is -0.399. The third-order valence-corrected chi connectivity index (χ3v) is 4.16. The molecule has 0 fully saturated rings. The normalized spacial score (nSPS) is 11.0. The van der Waals surface area contributed by atoms with Crippen molar-refractivity contribution >= 4 is 11.5 Å². The van der Waals surface area contributed by atoms with Gasteiger partial charge in [0.25, 0.3) is 0 Å². The van der Waals surface area contributed by atoms with Crippen LogP contribution in [0, 0.1) is 0 Å². The Morgan fingerprint density at radius 3 is 2.74 bits per heavy atom. The van der Waals surface area contributed by atoms with E-state index in [2.05, 4.69) is 10.3 Å². The van der Waals surface area contributed by atoms with Crippen LogP contribution in [-0.4, -0.2) is 32.5 Å². The summed E-state index contributed by atoms with van der Waals surface area (Å²) in [5.74, 6) is -0.0467. The molecule has 0 aliphatic rings. The second kappa shape index (κ2) is 7.05. The number of carbonyl (C=O) groups is 1. The molecule has 0 bridgehead atoms. The van der Waals surface area contributed by atoms with Gasteiger partial charge in [0.1, 0.15) is 18.0 Å². The average molecular weight is 363 g/mol. The summed E-state index contributed by atoms with van der Waals surface area (Å²) < 4.78 is 12.0. The molecule has 4 rings (SSSR count). The van der Waals surface area contributed by atoms with Crippen molar-refractivity contribution in [2.45, 2.75) is 13.5 Å². The fourth-order valence-corrected chi connectivity index (χ4v) is 2.94. The van der Waals surface area contributed by atoms with Gasteiger partial charge in [-0.05, 0) is 19.1 Å².